The summed E-state index contributed by atoms with van der Waals surface area (Å²) in [6.07, 6.45) is 3.27. The number of halogens is 1. The molecule has 1 aromatic carbocycles. The van der Waals surface area contributed by atoms with Gasteiger partial charge in [0.15, 0.2) is 0 Å². The van der Waals surface area contributed by atoms with E-state index in [2.05, 4.69) is 10.2 Å². The molecule has 1 aliphatic rings. The van der Waals surface area contributed by atoms with Crippen molar-refractivity contribution in [3.8, 4) is 5.75 Å². The van der Waals surface area contributed by atoms with Gasteiger partial charge in [0, 0.05) is 50.6 Å². The first-order valence-electron chi connectivity index (χ1n) is 9.45. The summed E-state index contributed by atoms with van der Waals surface area (Å²) < 4.78 is 5.66. The number of hydrogen-bond donors (Lipinski definition) is 1. The van der Waals surface area contributed by atoms with E-state index in [9.17, 15) is 9.59 Å². The Balaban J connectivity index is 1.67. The lowest BCUT2D eigenvalue weighted by molar-refractivity contribution is -0.131. The molecule has 1 aliphatic heterocycles. The van der Waals surface area contributed by atoms with Gasteiger partial charge in [-0.15, -0.1) is 0 Å². The van der Waals surface area contributed by atoms with Crippen LogP contribution in [-0.2, 0) is 9.59 Å². The first-order valence-corrected chi connectivity index (χ1v) is 9.83. The minimum absolute atomic E-state index is 0.0114. The lowest BCUT2D eigenvalue weighted by atomic mass is 10.1. The topological polar surface area (TPSA) is 61.9 Å². The summed E-state index contributed by atoms with van der Waals surface area (Å²) in [6.45, 7) is 3.37. The first-order chi connectivity index (χ1) is 12.9. The van der Waals surface area contributed by atoms with Crippen LogP contribution >= 0.6 is 11.6 Å². The number of likely N-dealkylation sites (tertiary alicyclic amines) is 1. The van der Waals surface area contributed by atoms with Crippen LogP contribution in [0, 0.1) is 0 Å². The van der Waals surface area contributed by atoms with E-state index in [1.54, 1.807) is 11.0 Å². The highest BCUT2D eigenvalue weighted by Crippen LogP contribution is 2.24. The maximum absolute atomic E-state index is 12.5. The number of rotatable bonds is 9. The zero-order chi connectivity index (χ0) is 19.8. The zero-order valence-corrected chi connectivity index (χ0v) is 17.2. The van der Waals surface area contributed by atoms with E-state index in [1.807, 2.05) is 32.3 Å². The van der Waals surface area contributed by atoms with E-state index in [0.717, 1.165) is 25.0 Å². The molecule has 1 heterocycles. The second kappa shape index (κ2) is 10.5. The summed E-state index contributed by atoms with van der Waals surface area (Å²) in [5.74, 6) is 0.881. The van der Waals surface area contributed by atoms with Crippen molar-refractivity contribution in [1.82, 2.24) is 15.1 Å². The van der Waals surface area contributed by atoms with Crippen molar-refractivity contribution in [3.63, 3.8) is 0 Å². The summed E-state index contributed by atoms with van der Waals surface area (Å²) in [5, 5.41) is 3.52. The molecule has 2 rings (SSSR count). The van der Waals surface area contributed by atoms with Gasteiger partial charge in [0.25, 0.3) is 0 Å². The highest BCUT2D eigenvalue weighted by Gasteiger charge is 2.32. The van der Waals surface area contributed by atoms with Gasteiger partial charge in [0.2, 0.25) is 11.8 Å². The Morgan fingerprint density at radius 2 is 2.07 bits per heavy atom. The molecule has 0 aromatic heterocycles. The molecule has 2 amide bonds. The molecule has 27 heavy (non-hydrogen) atoms. The average Bonchev–Trinajstić information content (AvgIpc) is 2.96. The Morgan fingerprint density at radius 3 is 2.78 bits per heavy atom. The van der Waals surface area contributed by atoms with Crippen molar-refractivity contribution < 1.29 is 14.3 Å². The van der Waals surface area contributed by atoms with E-state index in [1.165, 1.54) is 6.92 Å². The van der Waals surface area contributed by atoms with Gasteiger partial charge >= 0.3 is 0 Å². The number of carbonyl (C=O) groups is 2. The Labute approximate surface area is 166 Å². The molecule has 0 bridgehead atoms. The Kier molecular flexibility index (Phi) is 8.38. The number of amides is 2. The number of carbonyl (C=O) groups excluding carboxylic acids is 2. The molecule has 0 unspecified atom stereocenters. The van der Waals surface area contributed by atoms with Crippen LogP contribution in [0.1, 0.15) is 32.6 Å². The summed E-state index contributed by atoms with van der Waals surface area (Å²) in [5.41, 5.74) is 0. The fraction of sp³-hybridized carbons (Fsp3) is 0.600. The van der Waals surface area contributed by atoms with Gasteiger partial charge in [0.05, 0.1) is 6.61 Å². The molecular formula is C20H30ClN3O3. The number of ether oxygens (including phenoxy) is 1. The van der Waals surface area contributed by atoms with E-state index in [0.29, 0.717) is 37.2 Å². The minimum atomic E-state index is -0.0114. The summed E-state index contributed by atoms with van der Waals surface area (Å²) in [4.78, 5) is 27.6. The fourth-order valence-corrected chi connectivity index (χ4v) is 3.55. The van der Waals surface area contributed by atoms with E-state index < -0.39 is 0 Å². The predicted molar refractivity (Wildman–Crippen MR) is 107 cm³/mol. The van der Waals surface area contributed by atoms with E-state index in [4.69, 9.17) is 16.3 Å². The van der Waals surface area contributed by atoms with Crippen molar-refractivity contribution in [2.45, 2.75) is 44.7 Å². The van der Waals surface area contributed by atoms with Gasteiger partial charge in [0.1, 0.15) is 5.75 Å². The number of hydrogen-bond acceptors (Lipinski definition) is 4. The quantitative estimate of drug-likeness (QED) is 0.653. The maximum atomic E-state index is 12.5. The van der Waals surface area contributed by atoms with Gasteiger partial charge in [-0.3, -0.25) is 14.5 Å². The molecule has 1 aromatic rings. The Hall–Kier alpha value is -1.79. The molecule has 7 heteroatoms. The SMILES string of the molecule is CC(=O)NC[C@H]1CC[C@@H](CC(=O)N(C)CCCOc2cccc(Cl)c2)N1C. The van der Waals surface area contributed by atoms with Crippen LogP contribution in [0.15, 0.2) is 24.3 Å². The number of nitrogens with zero attached hydrogens (tertiary/aromatic N) is 2. The molecule has 1 N–H and O–H groups in total. The predicted octanol–water partition coefficient (Wildman–Crippen LogP) is 2.56. The summed E-state index contributed by atoms with van der Waals surface area (Å²) in [7, 11) is 3.88. The van der Waals surface area contributed by atoms with Crippen LogP contribution < -0.4 is 10.1 Å². The van der Waals surface area contributed by atoms with Crippen molar-refractivity contribution in [2.24, 2.45) is 0 Å². The fourth-order valence-electron chi connectivity index (χ4n) is 3.37. The standard InChI is InChI=1S/C20H30ClN3O3/c1-15(25)22-14-18-9-8-17(24(18)3)13-20(26)23(2)10-5-11-27-19-7-4-6-16(21)12-19/h4,6-7,12,17-18H,5,8-11,13-14H2,1-3H3,(H,22,25)/t17-,18+/m0/s1. The van der Waals surface area contributed by atoms with Gasteiger partial charge in [-0.1, -0.05) is 17.7 Å². The molecular weight excluding hydrogens is 366 g/mol. The van der Waals surface area contributed by atoms with Crippen LogP contribution in [-0.4, -0.2) is 67.5 Å². The van der Waals surface area contributed by atoms with Gasteiger partial charge in [-0.05, 0) is 44.5 Å². The van der Waals surface area contributed by atoms with Gasteiger partial charge in [-0.25, -0.2) is 0 Å². The van der Waals surface area contributed by atoms with Crippen LogP contribution in [0.4, 0.5) is 0 Å². The second-order valence-corrected chi connectivity index (χ2v) is 7.60. The van der Waals surface area contributed by atoms with Crippen LogP contribution in [0.3, 0.4) is 0 Å². The normalized spacial score (nSPS) is 19.7. The first kappa shape index (κ1) is 21.5. The van der Waals surface area contributed by atoms with Crippen LogP contribution in [0.25, 0.3) is 0 Å². The third-order valence-corrected chi connectivity index (χ3v) is 5.35. The lowest BCUT2D eigenvalue weighted by Crippen LogP contribution is -2.42. The third-order valence-electron chi connectivity index (χ3n) is 5.11. The number of benzene rings is 1. The lowest BCUT2D eigenvalue weighted by Gasteiger charge is -2.27. The number of nitrogens with one attached hydrogen (secondary N) is 1. The van der Waals surface area contributed by atoms with Crippen molar-refractivity contribution >= 4 is 23.4 Å². The molecule has 150 valence electrons. The Morgan fingerprint density at radius 1 is 1.33 bits per heavy atom. The summed E-state index contributed by atoms with van der Waals surface area (Å²) in [6, 6.07) is 7.86. The zero-order valence-electron chi connectivity index (χ0n) is 16.4. The van der Waals surface area contributed by atoms with Crippen molar-refractivity contribution in [1.29, 1.82) is 0 Å². The molecule has 0 aliphatic carbocycles. The average molecular weight is 396 g/mol. The molecule has 0 saturated carbocycles. The van der Waals surface area contributed by atoms with Crippen molar-refractivity contribution in [3.05, 3.63) is 29.3 Å². The van der Waals surface area contributed by atoms with E-state index >= 15 is 0 Å². The largest absolute Gasteiger partial charge is 0.493 e. The second-order valence-electron chi connectivity index (χ2n) is 7.17. The molecule has 1 fully saturated rings. The monoisotopic (exact) mass is 395 g/mol. The van der Waals surface area contributed by atoms with Crippen molar-refractivity contribution in [2.75, 3.05) is 33.8 Å². The summed E-state index contributed by atoms with van der Waals surface area (Å²) >= 11 is 5.93. The van der Waals surface area contributed by atoms with E-state index in [-0.39, 0.29) is 17.9 Å². The highest BCUT2D eigenvalue weighted by molar-refractivity contribution is 6.30. The Bertz CT molecular complexity index is 641. The maximum Gasteiger partial charge on any atom is 0.223 e. The molecule has 0 spiro atoms. The van der Waals surface area contributed by atoms with Gasteiger partial charge in [-0.2, -0.15) is 0 Å². The highest BCUT2D eigenvalue weighted by atomic mass is 35.5. The number of likely N-dealkylation sites (N-methyl/N-ethyl adjacent to an activating group) is 1. The smallest absolute Gasteiger partial charge is 0.223 e. The molecule has 6 nitrogen and oxygen atoms in total. The molecule has 2 atom stereocenters. The van der Waals surface area contributed by atoms with Gasteiger partial charge < -0.3 is 15.0 Å². The van der Waals surface area contributed by atoms with Crippen LogP contribution in [0.2, 0.25) is 5.02 Å². The molecule has 0 radical (unpaired) electrons. The minimum Gasteiger partial charge on any atom is -0.493 e. The molecule has 1 saturated heterocycles. The van der Waals surface area contributed by atoms with Crippen LogP contribution in [0.5, 0.6) is 5.75 Å². The third kappa shape index (κ3) is 7.03.